The highest BCUT2D eigenvalue weighted by Gasteiger charge is 2.19. The van der Waals surface area contributed by atoms with Gasteiger partial charge in [0.05, 0.1) is 19.4 Å². The lowest BCUT2D eigenvalue weighted by atomic mass is 10.1. The predicted octanol–water partition coefficient (Wildman–Crippen LogP) is 2.61. The van der Waals surface area contributed by atoms with Gasteiger partial charge in [0.1, 0.15) is 23.7 Å². The van der Waals surface area contributed by atoms with Crippen LogP contribution in [0.25, 0.3) is 0 Å². The van der Waals surface area contributed by atoms with E-state index >= 15 is 0 Å². The van der Waals surface area contributed by atoms with Crippen LogP contribution in [0.15, 0.2) is 36.4 Å². The lowest BCUT2D eigenvalue weighted by molar-refractivity contribution is 0.0595. The van der Waals surface area contributed by atoms with E-state index in [4.69, 9.17) is 14.2 Å². The Morgan fingerprint density at radius 3 is 2.38 bits per heavy atom. The van der Waals surface area contributed by atoms with Gasteiger partial charge in [-0.15, -0.1) is 0 Å². The number of methoxy groups -OCH3 is 1. The number of piperazine rings is 1. The van der Waals surface area contributed by atoms with Crippen molar-refractivity contribution in [2.75, 3.05) is 58.4 Å². The van der Waals surface area contributed by atoms with Gasteiger partial charge in [-0.05, 0) is 50.2 Å². The maximum atomic E-state index is 13.0. The van der Waals surface area contributed by atoms with Crippen LogP contribution in [0.4, 0.5) is 5.69 Å². The molecular formula is C25H31N3O6. The van der Waals surface area contributed by atoms with Crippen molar-refractivity contribution in [2.45, 2.75) is 13.8 Å². The fourth-order valence-corrected chi connectivity index (χ4v) is 3.61. The molecule has 0 aliphatic carbocycles. The second kappa shape index (κ2) is 12.2. The minimum absolute atomic E-state index is 0.131. The maximum Gasteiger partial charge on any atom is 0.341 e. The van der Waals surface area contributed by atoms with E-state index in [1.54, 1.807) is 30.3 Å². The zero-order chi connectivity index (χ0) is 24.5. The highest BCUT2D eigenvalue weighted by atomic mass is 16.5. The number of hydrogen-bond acceptors (Lipinski definition) is 8. The van der Waals surface area contributed by atoms with Crippen LogP contribution in [-0.4, -0.2) is 75.6 Å². The molecule has 1 heterocycles. The molecule has 9 nitrogen and oxygen atoms in total. The Morgan fingerprint density at radius 2 is 1.71 bits per heavy atom. The van der Waals surface area contributed by atoms with Gasteiger partial charge in [-0.25, -0.2) is 4.79 Å². The fourth-order valence-electron chi connectivity index (χ4n) is 3.61. The summed E-state index contributed by atoms with van der Waals surface area (Å²) >= 11 is 0. The number of nitrogens with zero attached hydrogens (tertiary/aromatic N) is 1. The van der Waals surface area contributed by atoms with Crippen LogP contribution < -0.4 is 20.1 Å². The summed E-state index contributed by atoms with van der Waals surface area (Å²) in [5, 5.41) is 6.08. The van der Waals surface area contributed by atoms with Crippen LogP contribution >= 0.6 is 0 Å². The molecule has 1 saturated heterocycles. The van der Waals surface area contributed by atoms with E-state index in [0.717, 1.165) is 32.7 Å². The van der Waals surface area contributed by atoms with Crippen molar-refractivity contribution in [1.29, 1.82) is 0 Å². The summed E-state index contributed by atoms with van der Waals surface area (Å²) < 4.78 is 16.3. The second-order valence-corrected chi connectivity index (χ2v) is 7.80. The monoisotopic (exact) mass is 469 g/mol. The highest BCUT2D eigenvalue weighted by molar-refractivity contribution is 6.07. The number of amides is 1. The Bertz CT molecular complexity index is 1030. The van der Waals surface area contributed by atoms with Crippen molar-refractivity contribution in [3.8, 4) is 11.5 Å². The quantitative estimate of drug-likeness (QED) is 0.404. The number of Topliss-reactive ketones (excluding diaryl/α,β-unsaturated/α-hetero) is 1. The molecule has 0 spiro atoms. The average molecular weight is 470 g/mol. The van der Waals surface area contributed by atoms with Crippen molar-refractivity contribution >= 4 is 23.3 Å². The standard InChI is InChI=1S/C25H31N3O6/c1-4-33-23-8-5-18(17(2)29)16-21(23)27-24(30)19-6-7-22(20(15-19)25(31)32-3)34-14-13-28-11-9-26-10-12-28/h5-8,15-16,26H,4,9-14H2,1-3H3,(H,27,30). The lowest BCUT2D eigenvalue weighted by Crippen LogP contribution is -2.44. The number of anilines is 1. The topological polar surface area (TPSA) is 106 Å². The summed E-state index contributed by atoms with van der Waals surface area (Å²) in [7, 11) is 1.28. The lowest BCUT2D eigenvalue weighted by Gasteiger charge is -2.27. The number of ketones is 1. The van der Waals surface area contributed by atoms with Gasteiger partial charge in [-0.3, -0.25) is 14.5 Å². The normalized spacial score (nSPS) is 13.7. The summed E-state index contributed by atoms with van der Waals surface area (Å²) in [6, 6.07) is 9.47. The molecule has 34 heavy (non-hydrogen) atoms. The van der Waals surface area contributed by atoms with Gasteiger partial charge >= 0.3 is 5.97 Å². The third kappa shape index (κ3) is 6.55. The minimum atomic E-state index is -0.597. The van der Waals surface area contributed by atoms with Gasteiger partial charge in [0.15, 0.2) is 5.78 Å². The Morgan fingerprint density at radius 1 is 1.00 bits per heavy atom. The third-order valence-corrected chi connectivity index (χ3v) is 5.46. The third-order valence-electron chi connectivity index (χ3n) is 5.46. The summed E-state index contributed by atoms with van der Waals surface area (Å²) in [6.45, 7) is 8.59. The number of rotatable bonds is 10. The molecule has 182 valence electrons. The van der Waals surface area contributed by atoms with Crippen molar-refractivity contribution in [2.24, 2.45) is 0 Å². The van der Waals surface area contributed by atoms with Crippen LogP contribution in [-0.2, 0) is 4.74 Å². The van der Waals surface area contributed by atoms with Crippen molar-refractivity contribution in [3.63, 3.8) is 0 Å². The van der Waals surface area contributed by atoms with Gasteiger partial charge in [0.2, 0.25) is 0 Å². The van der Waals surface area contributed by atoms with E-state index in [2.05, 4.69) is 15.5 Å². The molecule has 1 amide bonds. The Hall–Kier alpha value is -3.43. The van der Waals surface area contributed by atoms with Gasteiger partial charge in [0.25, 0.3) is 5.91 Å². The number of ether oxygens (including phenoxy) is 3. The largest absolute Gasteiger partial charge is 0.492 e. The molecule has 3 rings (SSSR count). The first-order chi connectivity index (χ1) is 16.4. The van der Waals surface area contributed by atoms with Crippen LogP contribution in [0, 0.1) is 0 Å². The molecular weight excluding hydrogens is 438 g/mol. The number of carbonyl (C=O) groups is 3. The molecule has 0 saturated carbocycles. The van der Waals surface area contributed by atoms with Gasteiger partial charge in [-0.1, -0.05) is 0 Å². The van der Waals surface area contributed by atoms with Gasteiger partial charge in [0, 0.05) is 43.9 Å². The summed E-state index contributed by atoms with van der Waals surface area (Å²) in [5.74, 6) is -0.387. The Labute approximate surface area is 199 Å². The summed E-state index contributed by atoms with van der Waals surface area (Å²) in [6.07, 6.45) is 0. The first-order valence-electron chi connectivity index (χ1n) is 11.3. The van der Waals surface area contributed by atoms with Crippen LogP contribution in [0.3, 0.4) is 0 Å². The van der Waals surface area contributed by atoms with Crippen molar-refractivity contribution < 1.29 is 28.6 Å². The predicted molar refractivity (Wildman–Crippen MR) is 128 cm³/mol. The molecule has 0 atom stereocenters. The molecule has 2 N–H and O–H groups in total. The van der Waals surface area contributed by atoms with Gasteiger partial charge < -0.3 is 24.8 Å². The Balaban J connectivity index is 1.77. The average Bonchev–Trinajstić information content (AvgIpc) is 2.85. The molecule has 1 fully saturated rings. The van der Waals surface area contributed by atoms with Crippen LogP contribution in [0.2, 0.25) is 0 Å². The van der Waals surface area contributed by atoms with E-state index in [1.165, 1.54) is 20.1 Å². The first-order valence-corrected chi connectivity index (χ1v) is 11.3. The van der Waals surface area contributed by atoms with Gasteiger partial charge in [-0.2, -0.15) is 0 Å². The van der Waals surface area contributed by atoms with Crippen molar-refractivity contribution in [1.82, 2.24) is 10.2 Å². The summed E-state index contributed by atoms with van der Waals surface area (Å²) in [5.41, 5.74) is 1.22. The molecule has 2 aromatic carbocycles. The molecule has 9 heteroatoms. The minimum Gasteiger partial charge on any atom is -0.492 e. The van der Waals surface area contributed by atoms with E-state index in [0.29, 0.717) is 36.0 Å². The zero-order valence-electron chi connectivity index (χ0n) is 19.8. The van der Waals surface area contributed by atoms with Crippen LogP contribution in [0.1, 0.15) is 44.9 Å². The van der Waals surface area contributed by atoms with E-state index in [-0.39, 0.29) is 16.9 Å². The molecule has 2 aromatic rings. The molecule has 1 aliphatic rings. The second-order valence-electron chi connectivity index (χ2n) is 7.80. The molecule has 0 aromatic heterocycles. The van der Waals surface area contributed by atoms with Crippen molar-refractivity contribution in [3.05, 3.63) is 53.1 Å². The number of carbonyl (C=O) groups excluding carboxylic acids is 3. The SMILES string of the molecule is CCOc1ccc(C(C)=O)cc1NC(=O)c1ccc(OCCN2CCNCC2)c(C(=O)OC)c1. The molecule has 0 radical (unpaired) electrons. The highest BCUT2D eigenvalue weighted by Crippen LogP contribution is 2.28. The molecule has 0 bridgehead atoms. The van der Waals surface area contributed by atoms with E-state index < -0.39 is 11.9 Å². The van der Waals surface area contributed by atoms with E-state index in [1.807, 2.05) is 6.92 Å². The maximum absolute atomic E-state index is 13.0. The number of hydrogen-bond donors (Lipinski definition) is 2. The number of benzene rings is 2. The first kappa shape index (κ1) is 25.2. The molecule has 1 aliphatic heterocycles. The number of nitrogens with one attached hydrogen (secondary N) is 2. The van der Waals surface area contributed by atoms with Crippen LogP contribution in [0.5, 0.6) is 11.5 Å². The number of esters is 1. The fraction of sp³-hybridized carbons (Fsp3) is 0.400. The summed E-state index contributed by atoms with van der Waals surface area (Å²) in [4.78, 5) is 39.4. The zero-order valence-corrected chi connectivity index (χ0v) is 19.8. The Kier molecular flexibility index (Phi) is 9.00. The van der Waals surface area contributed by atoms with E-state index in [9.17, 15) is 14.4 Å². The molecule has 0 unspecified atom stereocenters. The smallest absolute Gasteiger partial charge is 0.341 e.